The summed E-state index contributed by atoms with van der Waals surface area (Å²) in [6.45, 7) is 3.61. The van der Waals surface area contributed by atoms with E-state index in [2.05, 4.69) is 11.7 Å². The van der Waals surface area contributed by atoms with Crippen LogP contribution >= 0.6 is 11.6 Å². The van der Waals surface area contributed by atoms with Crippen molar-refractivity contribution in [1.82, 2.24) is 0 Å². The lowest BCUT2D eigenvalue weighted by Crippen LogP contribution is -2.15. The summed E-state index contributed by atoms with van der Waals surface area (Å²) in [7, 11) is 0. The van der Waals surface area contributed by atoms with Crippen molar-refractivity contribution in [2.75, 3.05) is 0 Å². The number of hydrogen-bond donors (Lipinski definition) is 1. The fraction of sp³-hybridized carbons (Fsp3) is 0.111. The molecule has 69 valence electrons. The minimum atomic E-state index is -0.838. The average molecular weight is 199 g/mol. The number of halogens is 1. The van der Waals surface area contributed by atoms with Crippen molar-refractivity contribution < 1.29 is 9.53 Å². The van der Waals surface area contributed by atoms with Crippen LogP contribution in [0.2, 0.25) is 5.02 Å². The third-order valence-corrected chi connectivity index (χ3v) is 1.75. The predicted octanol–water partition coefficient (Wildman–Crippen LogP) is 2.31. The van der Waals surface area contributed by atoms with E-state index in [0.29, 0.717) is 5.02 Å². The van der Waals surface area contributed by atoms with Crippen LogP contribution < -0.4 is 5.73 Å². The van der Waals surface area contributed by atoms with Gasteiger partial charge in [-0.15, -0.1) is 0 Å². The van der Waals surface area contributed by atoms with Crippen molar-refractivity contribution in [2.45, 2.75) is 6.10 Å². The molecule has 1 rings (SSSR count). The van der Waals surface area contributed by atoms with E-state index in [-0.39, 0.29) is 0 Å². The second-order valence-electron chi connectivity index (χ2n) is 2.48. The largest absolute Gasteiger partial charge is 0.442 e. The van der Waals surface area contributed by atoms with Gasteiger partial charge in [0.1, 0.15) is 6.10 Å². The number of hydrogen-bond acceptors (Lipinski definition) is 2. The zero-order chi connectivity index (χ0) is 9.84. The van der Waals surface area contributed by atoms with E-state index < -0.39 is 12.2 Å². The van der Waals surface area contributed by atoms with Crippen molar-refractivity contribution in [1.29, 1.82) is 0 Å². The lowest BCUT2D eigenvalue weighted by molar-refractivity contribution is 0.128. The van der Waals surface area contributed by atoms with Crippen molar-refractivity contribution in [3.8, 4) is 0 Å². The lowest BCUT2D eigenvalue weighted by Gasteiger charge is -2.10. The smallest absolute Gasteiger partial charge is 0.405 e. The molecule has 0 saturated carbocycles. The second kappa shape index (κ2) is 4.14. The highest BCUT2D eigenvalue weighted by Gasteiger charge is 2.08. The van der Waals surface area contributed by atoms with E-state index in [1.54, 1.807) is 24.3 Å². The highest BCUT2D eigenvalue weighted by atomic mass is 35.5. The maximum atomic E-state index is 10.4. The highest BCUT2D eigenvalue weighted by molar-refractivity contribution is 6.30. The number of amides is 1. The molecule has 0 heterocycles. The topological polar surface area (TPSA) is 52.3 Å². The van der Waals surface area contributed by atoms with Crippen LogP contribution in [0, 0.1) is 6.92 Å². The van der Waals surface area contributed by atoms with Gasteiger partial charge >= 0.3 is 6.09 Å². The molecule has 0 unspecified atom stereocenters. The van der Waals surface area contributed by atoms with E-state index in [9.17, 15) is 4.79 Å². The first kappa shape index (κ1) is 9.86. The first-order chi connectivity index (χ1) is 6.09. The molecular weight excluding hydrogens is 190 g/mol. The van der Waals surface area contributed by atoms with Crippen LogP contribution in [0.1, 0.15) is 11.7 Å². The monoisotopic (exact) mass is 198 g/mol. The minimum Gasteiger partial charge on any atom is -0.442 e. The Hall–Kier alpha value is -1.22. The fourth-order valence-corrected chi connectivity index (χ4v) is 1.01. The maximum Gasteiger partial charge on any atom is 0.405 e. The van der Waals surface area contributed by atoms with Crippen LogP contribution in [0.3, 0.4) is 0 Å². The predicted molar refractivity (Wildman–Crippen MR) is 50.2 cm³/mol. The molecule has 0 spiro atoms. The van der Waals surface area contributed by atoms with Gasteiger partial charge in [0.25, 0.3) is 0 Å². The van der Waals surface area contributed by atoms with E-state index >= 15 is 0 Å². The normalized spacial score (nSPS) is 12.2. The van der Waals surface area contributed by atoms with Crippen LogP contribution in [0.5, 0.6) is 0 Å². The Kier molecular flexibility index (Phi) is 3.14. The molecular formula is C9H9ClNO2. The van der Waals surface area contributed by atoms with Gasteiger partial charge in [0, 0.05) is 5.02 Å². The van der Waals surface area contributed by atoms with Gasteiger partial charge in [-0.1, -0.05) is 23.7 Å². The van der Waals surface area contributed by atoms with Crippen LogP contribution in [0.25, 0.3) is 0 Å². The molecule has 0 aromatic heterocycles. The standard InChI is InChI=1S/C9H9ClNO2/c1-6(13-9(11)12)7-2-4-8(10)5-3-7/h2-6H,1H2,(H2,11,12)/t6-/m1/s1. The number of benzene rings is 1. The first-order valence-electron chi connectivity index (χ1n) is 3.64. The third-order valence-electron chi connectivity index (χ3n) is 1.50. The number of primary amides is 1. The summed E-state index contributed by atoms with van der Waals surface area (Å²) in [5.41, 5.74) is 5.59. The molecule has 1 aromatic rings. The summed E-state index contributed by atoms with van der Waals surface area (Å²) in [4.78, 5) is 10.4. The van der Waals surface area contributed by atoms with Gasteiger partial charge in [-0.25, -0.2) is 4.79 Å². The minimum absolute atomic E-state index is 0.588. The molecule has 1 amide bonds. The Morgan fingerprint density at radius 1 is 1.46 bits per heavy atom. The van der Waals surface area contributed by atoms with Crippen LogP contribution in [-0.4, -0.2) is 6.09 Å². The number of rotatable bonds is 2. The molecule has 0 aliphatic heterocycles. The van der Waals surface area contributed by atoms with Crippen LogP contribution in [-0.2, 0) is 4.74 Å². The Bertz CT molecular complexity index is 297. The maximum absolute atomic E-state index is 10.4. The van der Waals surface area contributed by atoms with Crippen molar-refractivity contribution in [3.05, 3.63) is 41.8 Å². The quantitative estimate of drug-likeness (QED) is 0.793. The summed E-state index contributed by atoms with van der Waals surface area (Å²) >= 11 is 5.67. The number of ether oxygens (including phenoxy) is 1. The molecule has 0 bridgehead atoms. The van der Waals surface area contributed by atoms with Gasteiger partial charge in [0.05, 0.1) is 0 Å². The SMILES string of the molecule is [CH2][C@@H](OC(N)=O)c1ccc(Cl)cc1. The lowest BCUT2D eigenvalue weighted by atomic mass is 10.1. The summed E-state index contributed by atoms with van der Waals surface area (Å²) in [6.07, 6.45) is -1.43. The second-order valence-corrected chi connectivity index (χ2v) is 2.91. The molecule has 4 heteroatoms. The van der Waals surface area contributed by atoms with Gasteiger partial charge in [-0.2, -0.15) is 0 Å². The zero-order valence-corrected chi connectivity index (χ0v) is 7.62. The Morgan fingerprint density at radius 3 is 2.46 bits per heavy atom. The average Bonchev–Trinajstić information content (AvgIpc) is 2.04. The molecule has 0 aliphatic carbocycles. The fourth-order valence-electron chi connectivity index (χ4n) is 0.886. The van der Waals surface area contributed by atoms with Crippen LogP contribution in [0.4, 0.5) is 4.79 Å². The molecule has 0 fully saturated rings. The van der Waals surface area contributed by atoms with Crippen molar-refractivity contribution in [3.63, 3.8) is 0 Å². The van der Waals surface area contributed by atoms with Gasteiger partial charge < -0.3 is 10.5 Å². The number of carbonyl (C=O) groups excluding carboxylic acids is 1. The van der Waals surface area contributed by atoms with E-state index in [1.807, 2.05) is 0 Å². The highest BCUT2D eigenvalue weighted by Crippen LogP contribution is 2.18. The molecule has 1 radical (unpaired) electrons. The Balaban J connectivity index is 2.71. The van der Waals surface area contributed by atoms with Crippen molar-refractivity contribution in [2.24, 2.45) is 5.73 Å². The van der Waals surface area contributed by atoms with E-state index in [1.165, 1.54) is 0 Å². The molecule has 2 N–H and O–H groups in total. The Labute approximate surface area is 81.4 Å². The number of nitrogens with two attached hydrogens (primary N) is 1. The molecule has 13 heavy (non-hydrogen) atoms. The van der Waals surface area contributed by atoms with Gasteiger partial charge in [0.2, 0.25) is 0 Å². The molecule has 0 saturated heterocycles. The van der Waals surface area contributed by atoms with Crippen molar-refractivity contribution >= 4 is 17.7 Å². The summed E-state index contributed by atoms with van der Waals surface area (Å²) in [5.74, 6) is 0. The summed E-state index contributed by atoms with van der Waals surface area (Å²) in [5, 5.41) is 0.620. The first-order valence-corrected chi connectivity index (χ1v) is 4.02. The molecule has 1 aromatic carbocycles. The van der Waals surface area contributed by atoms with E-state index in [4.69, 9.17) is 17.3 Å². The van der Waals surface area contributed by atoms with Gasteiger partial charge in [-0.05, 0) is 24.6 Å². The molecule has 3 nitrogen and oxygen atoms in total. The summed E-state index contributed by atoms with van der Waals surface area (Å²) < 4.78 is 4.66. The number of carbonyl (C=O) groups is 1. The zero-order valence-electron chi connectivity index (χ0n) is 6.87. The Morgan fingerprint density at radius 2 is 2.00 bits per heavy atom. The summed E-state index contributed by atoms with van der Waals surface area (Å²) in [6, 6.07) is 6.84. The van der Waals surface area contributed by atoms with E-state index in [0.717, 1.165) is 5.56 Å². The molecule has 1 atom stereocenters. The van der Waals surface area contributed by atoms with Gasteiger partial charge in [-0.3, -0.25) is 0 Å². The van der Waals surface area contributed by atoms with Gasteiger partial charge in [0.15, 0.2) is 0 Å². The molecule has 0 aliphatic rings. The van der Waals surface area contributed by atoms with Crippen LogP contribution in [0.15, 0.2) is 24.3 Å². The third kappa shape index (κ3) is 2.95.